The molecule has 0 fully saturated rings. The van der Waals surface area contributed by atoms with Crippen molar-refractivity contribution in [1.82, 2.24) is 5.48 Å². The molecule has 0 rings (SSSR count). The van der Waals surface area contributed by atoms with Crippen LogP contribution in [0.2, 0.25) is 0 Å². The molecule has 0 radical (unpaired) electrons. The Morgan fingerprint density at radius 1 is 1.55 bits per heavy atom. The van der Waals surface area contributed by atoms with Crippen LogP contribution in [0.1, 0.15) is 13.8 Å². The normalized spacial score (nSPS) is 10.5. The van der Waals surface area contributed by atoms with Gasteiger partial charge < -0.3 is 10.6 Å². The molecule has 2 amide bonds. The van der Waals surface area contributed by atoms with Gasteiger partial charge in [-0.15, -0.1) is 0 Å². The Bertz CT molecular complexity index is 198. The summed E-state index contributed by atoms with van der Waals surface area (Å²) in [5.74, 6) is -0.619. The second-order valence-corrected chi connectivity index (χ2v) is 1.83. The second kappa shape index (κ2) is 4.32. The number of hydrogen-bond acceptors (Lipinski definition) is 3. The Kier molecular flexibility index (Phi) is 3.72. The van der Waals surface area contributed by atoms with Crippen LogP contribution in [0.15, 0.2) is 11.6 Å². The maximum absolute atomic E-state index is 10.7. The molecule has 0 aromatic carbocycles. The van der Waals surface area contributed by atoms with Gasteiger partial charge in [0.25, 0.3) is 0 Å². The zero-order chi connectivity index (χ0) is 8.85. The molecule has 0 saturated carbocycles. The molecule has 5 heteroatoms. The van der Waals surface area contributed by atoms with Crippen LogP contribution in [0.25, 0.3) is 0 Å². The molecule has 0 heterocycles. The highest BCUT2D eigenvalue weighted by atomic mass is 16.7. The molecule has 0 aliphatic rings. The molecule has 3 N–H and O–H groups in total. The fraction of sp³-hybridized carbons (Fsp3) is 0.333. The molecular formula is C6H10N2O3. The molecule has 0 unspecified atom stereocenters. The van der Waals surface area contributed by atoms with Gasteiger partial charge in [-0.2, -0.15) is 5.48 Å². The zero-order valence-electron chi connectivity index (χ0n) is 6.38. The number of nitrogens with one attached hydrogen (secondary N) is 1. The maximum atomic E-state index is 10.7. The van der Waals surface area contributed by atoms with Crippen molar-refractivity contribution in [2.75, 3.05) is 0 Å². The van der Waals surface area contributed by atoms with Crippen LogP contribution in [0.5, 0.6) is 0 Å². The van der Waals surface area contributed by atoms with E-state index in [1.807, 2.05) is 0 Å². The number of amides is 2. The van der Waals surface area contributed by atoms with Crippen LogP contribution < -0.4 is 11.2 Å². The maximum Gasteiger partial charge on any atom is 0.358 e. The molecule has 0 aromatic heterocycles. The van der Waals surface area contributed by atoms with Gasteiger partial charge in [-0.3, -0.25) is 0 Å². The van der Waals surface area contributed by atoms with E-state index in [1.54, 1.807) is 25.4 Å². The fourth-order valence-corrected chi connectivity index (χ4v) is 0.295. The van der Waals surface area contributed by atoms with Gasteiger partial charge in [0.15, 0.2) is 0 Å². The summed E-state index contributed by atoms with van der Waals surface area (Å²) in [6, 6.07) is -0.901. The van der Waals surface area contributed by atoms with Crippen molar-refractivity contribution >= 4 is 12.0 Å². The lowest BCUT2D eigenvalue weighted by molar-refractivity contribution is -0.143. The number of primary amides is 1. The first-order chi connectivity index (χ1) is 5.07. The van der Waals surface area contributed by atoms with Gasteiger partial charge in [0.1, 0.15) is 0 Å². The number of allylic oxidation sites excluding steroid dienone is 1. The third-order valence-corrected chi connectivity index (χ3v) is 0.999. The summed E-state index contributed by atoms with van der Waals surface area (Å²) in [7, 11) is 0. The van der Waals surface area contributed by atoms with Crippen LogP contribution in [0.3, 0.4) is 0 Å². The van der Waals surface area contributed by atoms with Crippen molar-refractivity contribution in [3.63, 3.8) is 0 Å². The molecule has 5 nitrogen and oxygen atoms in total. The first-order valence-electron chi connectivity index (χ1n) is 2.97. The van der Waals surface area contributed by atoms with Gasteiger partial charge in [-0.25, -0.2) is 9.59 Å². The molecule has 0 aromatic rings. The molecular weight excluding hydrogens is 148 g/mol. The van der Waals surface area contributed by atoms with E-state index in [0.29, 0.717) is 5.57 Å². The molecule has 0 aliphatic carbocycles. The quantitative estimate of drug-likeness (QED) is 0.418. The SMILES string of the molecule is CC=C(C)C(=O)ONC(N)=O. The van der Waals surface area contributed by atoms with Crippen LogP contribution in [0, 0.1) is 0 Å². The van der Waals surface area contributed by atoms with E-state index >= 15 is 0 Å². The smallest absolute Gasteiger partial charge is 0.349 e. The van der Waals surface area contributed by atoms with Gasteiger partial charge in [0.05, 0.1) is 0 Å². The van der Waals surface area contributed by atoms with Crippen LogP contribution in [-0.2, 0) is 9.63 Å². The van der Waals surface area contributed by atoms with Crippen LogP contribution in [-0.4, -0.2) is 12.0 Å². The first kappa shape index (κ1) is 9.48. The summed E-state index contributed by atoms with van der Waals surface area (Å²) in [4.78, 5) is 25.0. The lowest BCUT2D eigenvalue weighted by atomic mass is 10.3. The van der Waals surface area contributed by atoms with Crippen LogP contribution >= 0.6 is 0 Å². The van der Waals surface area contributed by atoms with E-state index in [9.17, 15) is 9.59 Å². The molecule has 62 valence electrons. The Hall–Kier alpha value is -1.52. The third kappa shape index (κ3) is 3.96. The standard InChI is InChI=1S/C6H10N2O3/c1-3-4(2)5(9)11-8-6(7)10/h3H,1-2H3,(H3,7,8,10). The summed E-state index contributed by atoms with van der Waals surface area (Å²) in [6.45, 7) is 3.24. The molecule has 0 spiro atoms. The summed E-state index contributed by atoms with van der Waals surface area (Å²) in [5.41, 5.74) is 6.75. The highest BCUT2D eigenvalue weighted by Crippen LogP contribution is 1.92. The number of urea groups is 1. The molecule has 0 saturated heterocycles. The Labute approximate surface area is 64.2 Å². The molecule has 11 heavy (non-hydrogen) atoms. The second-order valence-electron chi connectivity index (χ2n) is 1.83. The molecule has 0 aliphatic heterocycles. The van der Waals surface area contributed by atoms with Gasteiger partial charge in [-0.05, 0) is 13.8 Å². The highest BCUT2D eigenvalue weighted by Gasteiger charge is 2.04. The van der Waals surface area contributed by atoms with E-state index in [0.717, 1.165) is 0 Å². The van der Waals surface area contributed by atoms with Gasteiger partial charge in [0.2, 0.25) is 0 Å². The van der Waals surface area contributed by atoms with Crippen molar-refractivity contribution < 1.29 is 14.4 Å². The number of carbonyl (C=O) groups is 2. The summed E-state index contributed by atoms with van der Waals surface area (Å²) >= 11 is 0. The number of rotatable bonds is 1. The van der Waals surface area contributed by atoms with Crippen LogP contribution in [0.4, 0.5) is 4.79 Å². The van der Waals surface area contributed by atoms with E-state index in [4.69, 9.17) is 0 Å². The lowest BCUT2D eigenvalue weighted by Crippen LogP contribution is -2.32. The lowest BCUT2D eigenvalue weighted by Gasteiger charge is -2.01. The monoisotopic (exact) mass is 158 g/mol. The number of carbonyl (C=O) groups excluding carboxylic acids is 2. The molecule has 0 bridgehead atoms. The minimum absolute atomic E-state index is 0.402. The summed E-state index contributed by atoms with van der Waals surface area (Å²) in [6.07, 6.45) is 1.56. The van der Waals surface area contributed by atoms with E-state index in [2.05, 4.69) is 10.6 Å². The summed E-state index contributed by atoms with van der Waals surface area (Å²) in [5, 5.41) is 0. The van der Waals surface area contributed by atoms with Gasteiger partial charge in [0, 0.05) is 5.57 Å². The number of nitrogens with two attached hydrogens (primary N) is 1. The Morgan fingerprint density at radius 3 is 2.45 bits per heavy atom. The number of hydrogen-bond donors (Lipinski definition) is 2. The summed E-state index contributed by atoms with van der Waals surface area (Å²) < 4.78 is 0. The van der Waals surface area contributed by atoms with Crippen molar-refractivity contribution in [2.24, 2.45) is 5.73 Å². The predicted molar refractivity (Wildman–Crippen MR) is 38.2 cm³/mol. The van der Waals surface area contributed by atoms with Crippen molar-refractivity contribution in [3.8, 4) is 0 Å². The minimum Gasteiger partial charge on any atom is -0.349 e. The Morgan fingerprint density at radius 2 is 2.09 bits per heavy atom. The average molecular weight is 158 g/mol. The Balaban J connectivity index is 3.80. The van der Waals surface area contributed by atoms with E-state index < -0.39 is 12.0 Å². The highest BCUT2D eigenvalue weighted by molar-refractivity contribution is 5.88. The van der Waals surface area contributed by atoms with Crippen molar-refractivity contribution in [2.45, 2.75) is 13.8 Å². The third-order valence-electron chi connectivity index (χ3n) is 0.999. The van der Waals surface area contributed by atoms with E-state index in [-0.39, 0.29) is 0 Å². The molecule has 0 atom stereocenters. The average Bonchev–Trinajstić information content (AvgIpc) is 1.98. The van der Waals surface area contributed by atoms with Crippen molar-refractivity contribution in [3.05, 3.63) is 11.6 Å². The largest absolute Gasteiger partial charge is 0.358 e. The number of hydroxylamine groups is 1. The zero-order valence-corrected chi connectivity index (χ0v) is 6.38. The van der Waals surface area contributed by atoms with Crippen molar-refractivity contribution in [1.29, 1.82) is 0 Å². The topological polar surface area (TPSA) is 81.4 Å². The predicted octanol–water partition coefficient (Wildman–Crippen LogP) is 0.0791. The van der Waals surface area contributed by atoms with E-state index in [1.165, 1.54) is 0 Å². The minimum atomic E-state index is -0.901. The fourth-order valence-electron chi connectivity index (χ4n) is 0.295. The van der Waals surface area contributed by atoms with Gasteiger partial charge in [-0.1, -0.05) is 6.08 Å². The van der Waals surface area contributed by atoms with Gasteiger partial charge >= 0.3 is 12.0 Å². The first-order valence-corrected chi connectivity index (χ1v) is 2.97.